The molecule has 1 aromatic carbocycles. The van der Waals surface area contributed by atoms with Gasteiger partial charge >= 0.3 is 12.1 Å². The molecular formula is C17H22N2O4. The predicted molar refractivity (Wildman–Crippen MR) is 84.2 cm³/mol. The summed E-state index contributed by atoms with van der Waals surface area (Å²) in [5.74, 6) is -0.938. The lowest BCUT2D eigenvalue weighted by atomic mass is 10.1. The first kappa shape index (κ1) is 16.8. The summed E-state index contributed by atoms with van der Waals surface area (Å²) in [6.07, 6.45) is -1.19. The van der Waals surface area contributed by atoms with Gasteiger partial charge in [-0.05, 0) is 32.8 Å². The molecule has 0 heterocycles. The minimum Gasteiger partial charge on any atom is -0.459 e. The Morgan fingerprint density at radius 3 is 2.57 bits per heavy atom. The van der Waals surface area contributed by atoms with Crippen LogP contribution in [0.4, 0.5) is 4.79 Å². The van der Waals surface area contributed by atoms with E-state index in [0.717, 1.165) is 5.56 Å². The normalized spacial score (nSPS) is 13.9. The zero-order valence-electron chi connectivity index (χ0n) is 14.6. The molecule has 1 amide bonds. The van der Waals surface area contributed by atoms with Gasteiger partial charge in [0, 0.05) is 6.42 Å². The molecule has 0 aliphatic heterocycles. The van der Waals surface area contributed by atoms with Gasteiger partial charge in [0.05, 0.1) is 7.44 Å². The lowest BCUT2D eigenvalue weighted by Crippen LogP contribution is -2.44. The molecular weight excluding hydrogens is 296 g/mol. The standard InChI is InChI=1S/C17H22N2O4/c1-17(2,3)23-16(21)19-14(10-7-11-18)15(20)22-12-13-8-5-4-6-9-13/h4-6,8-9,14H,7,10,12H2,1-3H3,(H,19,21)/t14-/m0/s1/i14D. The molecule has 1 aromatic rings. The van der Waals surface area contributed by atoms with Crippen LogP contribution >= 0.6 is 0 Å². The lowest BCUT2D eigenvalue weighted by molar-refractivity contribution is -0.147. The van der Waals surface area contributed by atoms with Gasteiger partial charge in [-0.1, -0.05) is 30.3 Å². The molecule has 0 bridgehead atoms. The number of benzene rings is 1. The van der Waals surface area contributed by atoms with Crippen molar-refractivity contribution in [2.24, 2.45) is 0 Å². The highest BCUT2D eigenvalue weighted by atomic mass is 16.6. The first-order valence-corrected chi connectivity index (χ1v) is 7.25. The van der Waals surface area contributed by atoms with Crippen LogP contribution in [0.5, 0.6) is 0 Å². The Balaban J connectivity index is 2.76. The number of hydrogen-bond donors (Lipinski definition) is 1. The van der Waals surface area contributed by atoms with Gasteiger partial charge in [-0.15, -0.1) is 0 Å². The zero-order valence-corrected chi connectivity index (χ0v) is 13.6. The van der Waals surface area contributed by atoms with E-state index in [1.165, 1.54) is 0 Å². The number of ether oxygens (including phenoxy) is 2. The summed E-state index contributed by atoms with van der Waals surface area (Å²) in [4.78, 5) is 24.1. The maximum absolute atomic E-state index is 12.3. The molecule has 0 aliphatic carbocycles. The van der Waals surface area contributed by atoms with Crippen molar-refractivity contribution in [2.75, 3.05) is 0 Å². The van der Waals surface area contributed by atoms with Gasteiger partial charge in [-0.3, -0.25) is 0 Å². The Kier molecular flexibility index (Phi) is 6.42. The second-order valence-corrected chi connectivity index (χ2v) is 5.83. The lowest BCUT2D eigenvalue weighted by Gasteiger charge is -2.22. The second kappa shape index (κ2) is 8.79. The molecule has 6 heteroatoms. The summed E-state index contributed by atoms with van der Waals surface area (Å²) >= 11 is 0. The Morgan fingerprint density at radius 1 is 1.35 bits per heavy atom. The Labute approximate surface area is 137 Å². The van der Waals surface area contributed by atoms with Crippen LogP contribution in [0.3, 0.4) is 0 Å². The topological polar surface area (TPSA) is 88.4 Å². The van der Waals surface area contributed by atoms with Crippen LogP contribution < -0.4 is 5.32 Å². The molecule has 0 aliphatic rings. The molecule has 0 spiro atoms. The van der Waals surface area contributed by atoms with Crippen LogP contribution in [0.15, 0.2) is 30.3 Å². The van der Waals surface area contributed by atoms with Gasteiger partial charge in [-0.25, -0.2) is 9.59 Å². The second-order valence-electron chi connectivity index (χ2n) is 5.83. The number of nitriles is 1. The quantitative estimate of drug-likeness (QED) is 0.814. The van der Waals surface area contributed by atoms with Crippen molar-refractivity contribution >= 4 is 12.1 Å². The maximum Gasteiger partial charge on any atom is 0.408 e. The Bertz CT molecular complexity index is 607. The summed E-state index contributed by atoms with van der Waals surface area (Å²) < 4.78 is 18.4. The van der Waals surface area contributed by atoms with E-state index in [9.17, 15) is 9.59 Å². The van der Waals surface area contributed by atoms with Gasteiger partial charge in [0.1, 0.15) is 18.2 Å². The van der Waals surface area contributed by atoms with Crippen LogP contribution in [0, 0.1) is 11.3 Å². The monoisotopic (exact) mass is 319 g/mol. The molecule has 23 heavy (non-hydrogen) atoms. The van der Waals surface area contributed by atoms with Gasteiger partial charge < -0.3 is 14.8 Å². The first-order chi connectivity index (χ1) is 11.2. The van der Waals surface area contributed by atoms with Crippen molar-refractivity contribution in [3.05, 3.63) is 35.9 Å². The molecule has 0 radical (unpaired) electrons. The van der Waals surface area contributed by atoms with Crippen molar-refractivity contribution in [1.82, 2.24) is 5.32 Å². The van der Waals surface area contributed by atoms with Crippen LogP contribution in [0.1, 0.15) is 40.5 Å². The average Bonchev–Trinajstić information content (AvgIpc) is 2.49. The van der Waals surface area contributed by atoms with Gasteiger partial charge in [0.2, 0.25) is 0 Å². The van der Waals surface area contributed by atoms with Crippen molar-refractivity contribution in [1.29, 1.82) is 5.26 Å². The molecule has 1 rings (SSSR count). The summed E-state index contributed by atoms with van der Waals surface area (Å²) in [5.41, 5.74) is -0.0144. The fourth-order valence-corrected chi connectivity index (χ4v) is 1.63. The number of amides is 1. The molecule has 1 atom stereocenters. The van der Waals surface area contributed by atoms with Gasteiger partial charge in [-0.2, -0.15) is 5.26 Å². The predicted octanol–water partition coefficient (Wildman–Crippen LogP) is 2.93. The zero-order chi connectivity index (χ0) is 18.2. The van der Waals surface area contributed by atoms with E-state index in [4.69, 9.17) is 16.1 Å². The molecule has 0 fully saturated rings. The number of carbonyl (C=O) groups excluding carboxylic acids is 2. The molecule has 1 N–H and O–H groups in total. The van der Waals surface area contributed by atoms with Crippen LogP contribution in [0.25, 0.3) is 0 Å². The highest BCUT2D eigenvalue weighted by Gasteiger charge is 2.25. The minimum absolute atomic E-state index is 0.0249. The molecule has 0 aromatic heterocycles. The van der Waals surface area contributed by atoms with Crippen molar-refractivity contribution in [2.45, 2.75) is 51.8 Å². The van der Waals surface area contributed by atoms with E-state index in [1.54, 1.807) is 45.0 Å². The highest BCUT2D eigenvalue weighted by molar-refractivity contribution is 5.81. The van der Waals surface area contributed by atoms with Crippen molar-refractivity contribution in [3.63, 3.8) is 0 Å². The van der Waals surface area contributed by atoms with Crippen molar-refractivity contribution in [3.8, 4) is 6.07 Å². The number of nitrogens with one attached hydrogen (secondary N) is 1. The number of carbonyl (C=O) groups is 2. The minimum atomic E-state index is -2.08. The van der Waals surface area contributed by atoms with E-state index in [0.29, 0.717) is 0 Å². The molecule has 0 saturated heterocycles. The summed E-state index contributed by atoms with van der Waals surface area (Å²) in [5, 5.41) is 10.9. The number of hydrogen-bond acceptors (Lipinski definition) is 5. The average molecular weight is 319 g/mol. The first-order valence-electron chi connectivity index (χ1n) is 7.75. The molecule has 124 valence electrons. The van der Waals surface area contributed by atoms with E-state index in [2.05, 4.69) is 5.32 Å². The smallest absolute Gasteiger partial charge is 0.408 e. The Morgan fingerprint density at radius 2 is 2.00 bits per heavy atom. The summed E-state index contributed by atoms with van der Waals surface area (Å²) in [7, 11) is 0. The fraction of sp³-hybridized carbons (Fsp3) is 0.471. The largest absolute Gasteiger partial charge is 0.459 e. The number of rotatable bonds is 6. The maximum atomic E-state index is 12.3. The highest BCUT2D eigenvalue weighted by Crippen LogP contribution is 2.09. The van der Waals surface area contributed by atoms with Gasteiger partial charge in [0.25, 0.3) is 0 Å². The van der Waals surface area contributed by atoms with Crippen molar-refractivity contribution < 1.29 is 20.4 Å². The third kappa shape index (κ3) is 7.86. The van der Waals surface area contributed by atoms with E-state index in [-0.39, 0.29) is 19.4 Å². The molecule has 6 nitrogen and oxygen atoms in total. The third-order valence-corrected chi connectivity index (χ3v) is 2.60. The third-order valence-electron chi connectivity index (χ3n) is 2.60. The van der Waals surface area contributed by atoms with Crippen LogP contribution in [0.2, 0.25) is 0 Å². The SMILES string of the molecule is [2H][C@@](CCC#N)(NC(=O)OC(C)(C)C)C(=O)OCc1ccccc1. The van der Waals surface area contributed by atoms with E-state index in [1.807, 2.05) is 12.1 Å². The van der Waals surface area contributed by atoms with E-state index < -0.39 is 23.7 Å². The summed E-state index contributed by atoms with van der Waals surface area (Å²) in [6.45, 7) is 4.98. The number of esters is 1. The fourth-order valence-electron chi connectivity index (χ4n) is 1.63. The van der Waals surface area contributed by atoms with Crippen LogP contribution in [-0.2, 0) is 20.9 Å². The Hall–Kier alpha value is -2.55. The number of alkyl carbamates (subject to hydrolysis) is 1. The summed E-state index contributed by atoms with van der Waals surface area (Å²) in [6, 6.07) is 8.75. The van der Waals surface area contributed by atoms with Crippen LogP contribution in [-0.4, -0.2) is 23.7 Å². The van der Waals surface area contributed by atoms with E-state index >= 15 is 0 Å². The molecule has 0 unspecified atom stereocenters. The van der Waals surface area contributed by atoms with Gasteiger partial charge in [0.15, 0.2) is 0 Å². The molecule has 0 saturated carbocycles. The number of nitrogens with zero attached hydrogens (tertiary/aromatic N) is 1.